The number of hydrogen-bond donors (Lipinski definition) is 9. The molecule has 0 radical (unpaired) electrons. The number of aromatic nitrogens is 2. The zero-order chi connectivity index (χ0) is 59.8. The number of imidazole rings is 1. The maximum absolute atomic E-state index is 13.9. The van der Waals surface area contributed by atoms with Gasteiger partial charge in [0.1, 0.15) is 12.8 Å². The van der Waals surface area contributed by atoms with E-state index in [1.807, 2.05) is 0 Å². The molecule has 0 bridgehead atoms. The number of aldehydes is 1. The first kappa shape index (κ1) is 70.0. The molecule has 10 N–H and O–H groups in total. The maximum atomic E-state index is 13.9. The minimum Gasteiger partial charge on any atom is -0.382 e. The summed E-state index contributed by atoms with van der Waals surface area (Å²) in [4.78, 5) is 140. The van der Waals surface area contributed by atoms with Gasteiger partial charge in [0.25, 0.3) is 0 Å². The van der Waals surface area contributed by atoms with Gasteiger partial charge in [0, 0.05) is 96.1 Å². The van der Waals surface area contributed by atoms with Gasteiger partial charge in [-0.15, -0.1) is 23.5 Å². The van der Waals surface area contributed by atoms with Crippen LogP contribution < -0.4 is 43.2 Å². The van der Waals surface area contributed by atoms with Crippen molar-refractivity contribution in [1.29, 1.82) is 0 Å². The minimum absolute atomic E-state index is 0.00482. The van der Waals surface area contributed by atoms with Crippen LogP contribution in [-0.4, -0.2) is 243 Å². The number of thioether (sulfide) groups is 2. The molecular weight excluding hydrogens is 1100 g/mol. The third-order valence-electron chi connectivity index (χ3n) is 12.5. The molecule has 0 aromatic carbocycles. The van der Waals surface area contributed by atoms with Gasteiger partial charge in [0.2, 0.25) is 41.4 Å². The minimum atomic E-state index is -1.36. The number of ether oxygens (including phenoxy) is 6. The monoisotopic (exact) mass is 1180 g/mol. The molecule has 3 heterocycles. The molecule has 2 unspecified atom stereocenters. The molecule has 81 heavy (non-hydrogen) atoms. The summed E-state index contributed by atoms with van der Waals surface area (Å²) in [5.74, 6) is -4.98. The molecule has 2 aliphatic heterocycles. The van der Waals surface area contributed by atoms with Gasteiger partial charge in [-0.2, -0.15) is 0 Å². The summed E-state index contributed by atoms with van der Waals surface area (Å²) in [7, 11) is 3.15. The van der Waals surface area contributed by atoms with Gasteiger partial charge in [-0.1, -0.05) is 6.58 Å². The second kappa shape index (κ2) is 37.8. The Bertz CT molecular complexity index is 2210. The van der Waals surface area contributed by atoms with Crippen molar-refractivity contribution >= 4 is 82.7 Å². The van der Waals surface area contributed by atoms with Gasteiger partial charge < -0.3 is 65.2 Å². The first-order chi connectivity index (χ1) is 38.6. The number of Topliss-reactive ketones (excluding diaryl/α,β-unsaturated/α-hetero) is 2. The van der Waals surface area contributed by atoms with Crippen molar-refractivity contribution in [2.45, 2.75) is 105 Å². The molecule has 1 aromatic heterocycles. The van der Waals surface area contributed by atoms with Crippen LogP contribution in [0.25, 0.3) is 0 Å². The third kappa shape index (κ3) is 26.3. The van der Waals surface area contributed by atoms with Crippen LogP contribution in [0.2, 0.25) is 0 Å². The SMILES string of the molecule is C=C(N[C@@H](SC1CC(=O)N(CC(=O)NCCCOCCOCCOC)C1=O)C(N)=O)[C@H](CSC1CC(=O)N(CCC(=O)NCCCOCCOCCOC)C1=O)NCC(=O)C(C)(C)NCC(=O)C(C)(C)NN[C@H](C=O)Cc1cnc[nH]1. The molecule has 456 valence electrons. The Morgan fingerprint density at radius 3 is 1.93 bits per heavy atom. The van der Waals surface area contributed by atoms with Crippen LogP contribution >= 0.6 is 23.5 Å². The summed E-state index contributed by atoms with van der Waals surface area (Å²) in [6.07, 6.45) is 4.41. The molecule has 2 aliphatic rings. The van der Waals surface area contributed by atoms with Gasteiger partial charge in [0.05, 0.1) is 106 Å². The Labute approximate surface area is 481 Å². The Hall–Kier alpha value is -5.25. The number of nitrogens with two attached hydrogens (primary N) is 1. The van der Waals surface area contributed by atoms with Crippen LogP contribution in [0.3, 0.4) is 0 Å². The highest BCUT2D eigenvalue weighted by Gasteiger charge is 2.43. The zero-order valence-electron chi connectivity index (χ0n) is 47.4. The number of ketones is 2. The number of hydrogen-bond acceptors (Lipinski definition) is 24. The van der Waals surface area contributed by atoms with E-state index >= 15 is 0 Å². The van der Waals surface area contributed by atoms with E-state index in [1.54, 1.807) is 48.1 Å². The fraction of sp³-hybridized carbons (Fsp3) is 0.706. The van der Waals surface area contributed by atoms with Gasteiger partial charge in [0.15, 0.2) is 16.9 Å². The van der Waals surface area contributed by atoms with Crippen molar-refractivity contribution < 1.29 is 76.4 Å². The highest BCUT2D eigenvalue weighted by atomic mass is 32.2. The number of hydrazine groups is 1. The number of aromatic amines is 1. The van der Waals surface area contributed by atoms with Crippen molar-refractivity contribution in [2.24, 2.45) is 5.73 Å². The van der Waals surface area contributed by atoms with E-state index in [-0.39, 0.29) is 75.0 Å². The number of methoxy groups -OCH3 is 2. The van der Waals surface area contributed by atoms with Crippen LogP contribution in [0.4, 0.5) is 0 Å². The van der Waals surface area contributed by atoms with Gasteiger partial charge in [-0.25, -0.2) is 15.8 Å². The summed E-state index contributed by atoms with van der Waals surface area (Å²) in [6, 6.07) is -1.61. The summed E-state index contributed by atoms with van der Waals surface area (Å²) >= 11 is 1.82. The molecule has 28 nitrogen and oxygen atoms in total. The molecule has 3 rings (SSSR count). The standard InChI is InChI=1S/C51H84N12O16S2/c1-34(59-47(46(52)71)81-39-26-45(70)63(49(39)73)30-43(68)55-12-9-15-77-21-23-79-19-17-75-7)37(32-80-38-25-44(69)62(48(38)72)13-10-42(67)54-11-8-14-76-20-22-78-18-16-74-6)56-28-40(65)50(2,3)58-29-41(66)51(4,5)61-60-36(31-64)24-35-27-53-33-57-35/h27,31,33,36-39,47,56,58-61H,1,8-26,28-30,32H2,2-7H3,(H2,52,71)(H,53,57)(H,54,67)(H,55,68)/t36-,37-,38?,39?,47-/m0/s1. The summed E-state index contributed by atoms with van der Waals surface area (Å²) in [5, 5.41) is 11.1. The van der Waals surface area contributed by atoms with E-state index in [4.69, 9.17) is 34.2 Å². The van der Waals surface area contributed by atoms with Crippen LogP contribution in [0, 0.1) is 0 Å². The number of primary amides is 1. The van der Waals surface area contributed by atoms with E-state index in [0.29, 0.717) is 97.4 Å². The number of amides is 7. The normalized spacial score (nSPS) is 16.9. The summed E-state index contributed by atoms with van der Waals surface area (Å²) in [5.41, 5.74) is 9.89. The molecule has 0 aliphatic carbocycles. The number of nitrogens with one attached hydrogen (secondary N) is 8. The van der Waals surface area contributed by atoms with Crippen molar-refractivity contribution in [3.63, 3.8) is 0 Å². The summed E-state index contributed by atoms with van der Waals surface area (Å²) < 4.78 is 31.5. The van der Waals surface area contributed by atoms with Crippen molar-refractivity contribution in [3.05, 3.63) is 30.5 Å². The van der Waals surface area contributed by atoms with E-state index < -0.39 is 86.8 Å². The number of carbonyl (C=O) groups excluding carboxylic acids is 10. The Balaban J connectivity index is 1.63. The number of nitrogens with zero attached hydrogens (tertiary/aromatic N) is 3. The van der Waals surface area contributed by atoms with E-state index in [9.17, 15) is 47.9 Å². The highest BCUT2D eigenvalue weighted by Crippen LogP contribution is 2.30. The molecule has 0 saturated carbocycles. The van der Waals surface area contributed by atoms with E-state index in [0.717, 1.165) is 33.3 Å². The second-order valence-electron chi connectivity index (χ2n) is 19.8. The lowest BCUT2D eigenvalue weighted by Crippen LogP contribution is -2.61. The van der Waals surface area contributed by atoms with Crippen LogP contribution in [0.1, 0.15) is 65.5 Å². The average Bonchev–Trinajstić information content (AvgIpc) is 4.15. The quantitative estimate of drug-likeness (QED) is 0.0105. The van der Waals surface area contributed by atoms with E-state index in [1.165, 1.54) is 6.33 Å². The molecule has 30 heteroatoms. The average molecular weight is 1190 g/mol. The van der Waals surface area contributed by atoms with Crippen LogP contribution in [-0.2, 0) is 82.8 Å². The van der Waals surface area contributed by atoms with Gasteiger partial charge in [-0.05, 0) is 40.5 Å². The van der Waals surface area contributed by atoms with Crippen LogP contribution in [0.5, 0.6) is 0 Å². The van der Waals surface area contributed by atoms with Gasteiger partial charge in [-0.3, -0.25) is 58.3 Å². The predicted octanol–water partition coefficient (Wildman–Crippen LogP) is -2.74. The molecule has 2 fully saturated rings. The number of H-pyrrole nitrogens is 1. The molecule has 0 spiro atoms. The highest BCUT2D eigenvalue weighted by molar-refractivity contribution is 8.02. The Morgan fingerprint density at radius 1 is 0.790 bits per heavy atom. The van der Waals surface area contributed by atoms with Crippen molar-refractivity contribution in [2.75, 3.05) is 125 Å². The van der Waals surface area contributed by atoms with Crippen molar-refractivity contribution in [1.82, 2.24) is 57.2 Å². The van der Waals surface area contributed by atoms with E-state index in [2.05, 4.69) is 54.0 Å². The first-order valence-corrected chi connectivity index (χ1v) is 28.7. The largest absolute Gasteiger partial charge is 0.382 e. The fourth-order valence-corrected chi connectivity index (χ4v) is 9.88. The lowest BCUT2D eigenvalue weighted by atomic mass is 9.95. The second-order valence-corrected chi connectivity index (χ2v) is 22.3. The van der Waals surface area contributed by atoms with Crippen molar-refractivity contribution in [3.8, 4) is 0 Å². The summed E-state index contributed by atoms with van der Waals surface area (Å²) in [6.45, 7) is 13.9. The lowest BCUT2D eigenvalue weighted by molar-refractivity contribution is -0.142. The molecule has 2 saturated heterocycles. The molecular formula is C51H84N12O16S2. The smallest absolute Gasteiger partial charge is 0.250 e. The Morgan fingerprint density at radius 2 is 1.35 bits per heavy atom. The number of rotatable bonds is 48. The zero-order valence-corrected chi connectivity index (χ0v) is 49.0. The van der Waals surface area contributed by atoms with Crippen LogP contribution in [0.15, 0.2) is 24.8 Å². The topological polar surface area (TPSA) is 371 Å². The third-order valence-corrected chi connectivity index (χ3v) is 15.2. The molecule has 7 amide bonds. The fourth-order valence-electron chi connectivity index (χ4n) is 7.44. The lowest BCUT2D eigenvalue weighted by Gasteiger charge is -2.31. The number of likely N-dealkylation sites (tertiary alicyclic amines) is 2. The maximum Gasteiger partial charge on any atom is 0.250 e. The molecule has 5 atom stereocenters. The first-order valence-electron chi connectivity index (χ1n) is 26.7. The Kier molecular flexibility index (Phi) is 32.6. The predicted molar refractivity (Wildman–Crippen MR) is 299 cm³/mol. The molecule has 1 aromatic rings. The number of imide groups is 2. The van der Waals surface area contributed by atoms with Gasteiger partial charge >= 0.3 is 0 Å². The number of carbonyl (C=O) groups is 10.